The first-order valence-corrected chi connectivity index (χ1v) is 37.5. The SMILES string of the molecule is CCCCCCCCCCCCCC(=O)O[C@H](COC(=O)CCCCCCCCCCCC)COP(=O)(O)OC[C@H](O)COP(=O)(O)OC[C@@H](COC(=O)CCCCCCCCCCCC(C)C)OC(=O)CCCCCCCCCCCC(C)C. The van der Waals surface area contributed by atoms with Crippen LogP contribution in [0, 0.1) is 11.8 Å². The molecule has 0 aromatic carbocycles. The highest BCUT2D eigenvalue weighted by Gasteiger charge is 2.30. The molecular formula is C66H128O17P2. The van der Waals surface area contributed by atoms with Crippen molar-refractivity contribution in [2.75, 3.05) is 39.6 Å². The van der Waals surface area contributed by atoms with E-state index in [-0.39, 0.29) is 25.7 Å². The number of aliphatic hydroxyl groups is 1. The van der Waals surface area contributed by atoms with Gasteiger partial charge in [-0.15, -0.1) is 0 Å². The number of hydrogen-bond acceptors (Lipinski definition) is 15. The van der Waals surface area contributed by atoms with Crippen molar-refractivity contribution >= 4 is 39.5 Å². The molecule has 0 aliphatic rings. The molecule has 0 saturated heterocycles. The molecule has 85 heavy (non-hydrogen) atoms. The Balaban J connectivity index is 5.25. The number of hydrogen-bond donors (Lipinski definition) is 3. The lowest BCUT2D eigenvalue weighted by atomic mass is 10.0. The number of unbranched alkanes of at least 4 members (excludes halogenated alkanes) is 35. The Morgan fingerprint density at radius 1 is 0.318 bits per heavy atom. The number of phosphoric ester groups is 2. The quantitative estimate of drug-likeness (QED) is 0.0222. The molecule has 0 radical (unpaired) electrons. The summed E-state index contributed by atoms with van der Waals surface area (Å²) >= 11 is 0. The molecule has 2 unspecified atom stereocenters. The van der Waals surface area contributed by atoms with Gasteiger partial charge >= 0.3 is 39.5 Å². The van der Waals surface area contributed by atoms with Gasteiger partial charge < -0.3 is 33.8 Å². The third kappa shape index (κ3) is 60.7. The predicted octanol–water partition coefficient (Wildman–Crippen LogP) is 18.4. The van der Waals surface area contributed by atoms with Gasteiger partial charge in [0.05, 0.1) is 26.4 Å². The fourth-order valence-corrected chi connectivity index (χ4v) is 11.5. The number of phosphoric acid groups is 2. The summed E-state index contributed by atoms with van der Waals surface area (Å²) in [6, 6.07) is 0. The van der Waals surface area contributed by atoms with Gasteiger partial charge in [-0.25, -0.2) is 9.13 Å². The minimum Gasteiger partial charge on any atom is -0.462 e. The molecular weight excluding hydrogens is 1130 g/mol. The van der Waals surface area contributed by atoms with Crippen LogP contribution in [-0.4, -0.2) is 96.7 Å². The first-order valence-electron chi connectivity index (χ1n) is 34.5. The van der Waals surface area contributed by atoms with E-state index in [9.17, 15) is 43.2 Å². The summed E-state index contributed by atoms with van der Waals surface area (Å²) in [6.07, 6.45) is 41.6. The van der Waals surface area contributed by atoms with Crippen LogP contribution in [0.5, 0.6) is 0 Å². The van der Waals surface area contributed by atoms with E-state index in [1.54, 1.807) is 0 Å². The molecule has 0 aliphatic heterocycles. The topological polar surface area (TPSA) is 237 Å². The zero-order chi connectivity index (χ0) is 62.9. The number of esters is 4. The zero-order valence-electron chi connectivity index (χ0n) is 54.9. The number of carbonyl (C=O) groups excluding carboxylic acids is 4. The van der Waals surface area contributed by atoms with Gasteiger partial charge in [-0.3, -0.25) is 37.3 Å². The smallest absolute Gasteiger partial charge is 0.462 e. The Labute approximate surface area is 517 Å². The van der Waals surface area contributed by atoms with Crippen molar-refractivity contribution in [2.24, 2.45) is 11.8 Å². The van der Waals surface area contributed by atoms with E-state index in [2.05, 4.69) is 41.5 Å². The van der Waals surface area contributed by atoms with Crippen molar-refractivity contribution in [3.63, 3.8) is 0 Å². The van der Waals surface area contributed by atoms with Gasteiger partial charge in [0.2, 0.25) is 0 Å². The summed E-state index contributed by atoms with van der Waals surface area (Å²) in [5, 5.41) is 10.6. The molecule has 0 heterocycles. The van der Waals surface area contributed by atoms with E-state index in [0.29, 0.717) is 25.7 Å². The van der Waals surface area contributed by atoms with Gasteiger partial charge in [-0.1, -0.05) is 279 Å². The van der Waals surface area contributed by atoms with Crippen molar-refractivity contribution in [2.45, 2.75) is 349 Å². The molecule has 0 bridgehead atoms. The summed E-state index contributed by atoms with van der Waals surface area (Å²) in [7, 11) is -9.89. The Kier molecular flexibility index (Phi) is 57.1. The monoisotopic (exact) mass is 1250 g/mol. The second-order valence-corrected chi connectivity index (χ2v) is 27.7. The van der Waals surface area contributed by atoms with Gasteiger partial charge in [0.15, 0.2) is 12.2 Å². The maximum Gasteiger partial charge on any atom is 0.472 e. The number of ether oxygens (including phenoxy) is 4. The molecule has 0 spiro atoms. The van der Waals surface area contributed by atoms with E-state index in [1.165, 1.54) is 148 Å². The third-order valence-corrected chi connectivity index (χ3v) is 17.1. The van der Waals surface area contributed by atoms with E-state index in [1.807, 2.05) is 0 Å². The fraction of sp³-hybridized carbons (Fsp3) is 0.939. The van der Waals surface area contributed by atoms with Crippen LogP contribution in [0.25, 0.3) is 0 Å². The molecule has 19 heteroatoms. The number of aliphatic hydroxyl groups excluding tert-OH is 1. The van der Waals surface area contributed by atoms with Crippen molar-refractivity contribution < 1.29 is 80.2 Å². The maximum atomic E-state index is 13.0. The Morgan fingerprint density at radius 3 is 0.800 bits per heavy atom. The van der Waals surface area contributed by atoms with Gasteiger partial charge in [-0.05, 0) is 37.5 Å². The molecule has 504 valence electrons. The van der Waals surface area contributed by atoms with Crippen LogP contribution in [0.1, 0.15) is 330 Å². The first-order chi connectivity index (χ1) is 40.9. The highest BCUT2D eigenvalue weighted by Crippen LogP contribution is 2.45. The van der Waals surface area contributed by atoms with Crippen LogP contribution in [-0.2, 0) is 65.4 Å². The second kappa shape index (κ2) is 58.4. The minimum atomic E-state index is -4.95. The van der Waals surface area contributed by atoms with Crippen LogP contribution < -0.4 is 0 Å². The van der Waals surface area contributed by atoms with Crippen LogP contribution in [0.4, 0.5) is 0 Å². The normalized spacial score (nSPS) is 14.2. The summed E-state index contributed by atoms with van der Waals surface area (Å²) in [6.45, 7) is 9.46. The van der Waals surface area contributed by atoms with Gasteiger partial charge in [-0.2, -0.15) is 0 Å². The van der Waals surface area contributed by atoms with Crippen molar-refractivity contribution in [1.29, 1.82) is 0 Å². The molecule has 0 aromatic heterocycles. The van der Waals surface area contributed by atoms with Crippen LogP contribution in [0.15, 0.2) is 0 Å². The summed E-state index contributed by atoms with van der Waals surface area (Å²) in [5.74, 6) is -0.650. The summed E-state index contributed by atoms with van der Waals surface area (Å²) in [5.41, 5.74) is 0. The Hall–Kier alpha value is -1.94. The van der Waals surface area contributed by atoms with E-state index >= 15 is 0 Å². The van der Waals surface area contributed by atoms with Crippen LogP contribution in [0.3, 0.4) is 0 Å². The highest BCUT2D eigenvalue weighted by molar-refractivity contribution is 7.47. The maximum absolute atomic E-state index is 13.0. The minimum absolute atomic E-state index is 0.105. The van der Waals surface area contributed by atoms with Crippen LogP contribution in [0.2, 0.25) is 0 Å². The molecule has 5 atom stereocenters. The molecule has 0 amide bonds. The van der Waals surface area contributed by atoms with E-state index in [0.717, 1.165) is 102 Å². The van der Waals surface area contributed by atoms with E-state index in [4.69, 9.17) is 37.0 Å². The average molecular weight is 1260 g/mol. The van der Waals surface area contributed by atoms with Crippen molar-refractivity contribution in [1.82, 2.24) is 0 Å². The molecule has 17 nitrogen and oxygen atoms in total. The largest absolute Gasteiger partial charge is 0.472 e. The zero-order valence-corrected chi connectivity index (χ0v) is 56.7. The standard InChI is InChI=1S/C66H128O17P2/c1-7-9-11-13-15-17-19-25-32-38-44-50-65(70)82-61(54-76-63(68)48-42-36-30-24-18-16-14-12-10-8-2)56-80-84(72,73)78-52-60(67)53-79-85(74,75)81-57-62(83-66(71)51-45-39-33-27-21-23-29-35-41-47-59(5)6)55-77-64(69)49-43-37-31-26-20-22-28-34-40-46-58(3)4/h58-62,67H,7-57H2,1-6H3,(H,72,73)(H,74,75)/t60-,61+,62+/m0/s1. The first kappa shape index (κ1) is 83.1. The van der Waals surface area contributed by atoms with Gasteiger partial charge in [0.25, 0.3) is 0 Å². The second-order valence-electron chi connectivity index (χ2n) is 24.8. The van der Waals surface area contributed by atoms with E-state index < -0.39 is 97.5 Å². The predicted molar refractivity (Wildman–Crippen MR) is 340 cm³/mol. The Bertz CT molecular complexity index is 1670. The lowest BCUT2D eigenvalue weighted by Gasteiger charge is -2.21. The summed E-state index contributed by atoms with van der Waals surface area (Å²) < 4.78 is 68.1. The average Bonchev–Trinajstić information content (AvgIpc) is 3.48. The van der Waals surface area contributed by atoms with Crippen molar-refractivity contribution in [3.05, 3.63) is 0 Å². The lowest BCUT2D eigenvalue weighted by molar-refractivity contribution is -0.161. The molecule has 0 aliphatic carbocycles. The molecule has 0 aromatic rings. The van der Waals surface area contributed by atoms with Crippen molar-refractivity contribution in [3.8, 4) is 0 Å². The summed E-state index contributed by atoms with van der Waals surface area (Å²) in [4.78, 5) is 72.3. The Morgan fingerprint density at radius 2 is 0.541 bits per heavy atom. The molecule has 0 rings (SSSR count). The molecule has 3 N–H and O–H groups in total. The number of carbonyl (C=O) groups is 4. The number of rotatable bonds is 65. The van der Waals surface area contributed by atoms with Gasteiger partial charge in [0, 0.05) is 25.7 Å². The van der Waals surface area contributed by atoms with Crippen LogP contribution >= 0.6 is 15.6 Å². The molecule has 0 fully saturated rings. The fourth-order valence-electron chi connectivity index (χ4n) is 9.88. The lowest BCUT2D eigenvalue weighted by Crippen LogP contribution is -2.30. The molecule has 0 saturated carbocycles. The third-order valence-electron chi connectivity index (χ3n) is 15.2. The highest BCUT2D eigenvalue weighted by atomic mass is 31.2. The van der Waals surface area contributed by atoms with Gasteiger partial charge in [0.1, 0.15) is 19.3 Å².